The molecular formula is C10H7FN2O2. The third kappa shape index (κ3) is 2.07. The van der Waals surface area contributed by atoms with Gasteiger partial charge in [-0.15, -0.1) is 0 Å². The van der Waals surface area contributed by atoms with Crippen molar-refractivity contribution in [1.29, 1.82) is 0 Å². The van der Waals surface area contributed by atoms with Crippen LogP contribution in [0.4, 0.5) is 4.39 Å². The van der Waals surface area contributed by atoms with Crippen LogP contribution in [0.15, 0.2) is 24.4 Å². The number of aromatic nitrogens is 2. The van der Waals surface area contributed by atoms with Gasteiger partial charge in [-0.1, -0.05) is 0 Å². The average Bonchev–Trinajstić information content (AvgIpc) is 2.17. The van der Waals surface area contributed by atoms with Crippen LogP contribution in [0.5, 0.6) is 0 Å². The number of aliphatic carboxylic acids is 1. The van der Waals surface area contributed by atoms with Crippen LogP contribution >= 0.6 is 0 Å². The van der Waals surface area contributed by atoms with E-state index in [4.69, 9.17) is 5.11 Å². The van der Waals surface area contributed by atoms with E-state index in [2.05, 4.69) is 9.97 Å². The van der Waals surface area contributed by atoms with E-state index in [9.17, 15) is 9.18 Å². The molecule has 0 unspecified atom stereocenters. The van der Waals surface area contributed by atoms with Crippen molar-refractivity contribution in [3.05, 3.63) is 36.0 Å². The molecule has 0 amide bonds. The van der Waals surface area contributed by atoms with Crippen molar-refractivity contribution in [2.75, 3.05) is 0 Å². The smallest absolute Gasteiger partial charge is 0.311 e. The van der Waals surface area contributed by atoms with Gasteiger partial charge in [0.05, 0.1) is 5.52 Å². The van der Waals surface area contributed by atoms with E-state index in [-0.39, 0.29) is 18.1 Å². The first-order chi connectivity index (χ1) is 7.15. The van der Waals surface area contributed by atoms with Crippen LogP contribution in [0.3, 0.4) is 0 Å². The van der Waals surface area contributed by atoms with E-state index in [0.29, 0.717) is 10.9 Å². The van der Waals surface area contributed by atoms with Gasteiger partial charge < -0.3 is 5.11 Å². The molecule has 0 aliphatic heterocycles. The summed E-state index contributed by atoms with van der Waals surface area (Å²) < 4.78 is 12.8. The number of hydrogen-bond acceptors (Lipinski definition) is 3. The van der Waals surface area contributed by atoms with Gasteiger partial charge in [0.2, 0.25) is 0 Å². The maximum Gasteiger partial charge on any atom is 0.311 e. The highest BCUT2D eigenvalue weighted by Gasteiger charge is 2.05. The minimum atomic E-state index is -0.989. The first-order valence-electron chi connectivity index (χ1n) is 4.28. The van der Waals surface area contributed by atoms with Crippen LogP contribution in [0.1, 0.15) is 5.82 Å². The standard InChI is InChI=1S/C10H7FN2O2/c11-7-1-2-8-6(3-7)5-12-9(13-8)4-10(14)15/h1-3,5H,4H2,(H,14,15). The molecule has 15 heavy (non-hydrogen) atoms. The lowest BCUT2D eigenvalue weighted by atomic mass is 10.2. The molecule has 4 nitrogen and oxygen atoms in total. The molecule has 2 aromatic rings. The average molecular weight is 206 g/mol. The van der Waals surface area contributed by atoms with Crippen molar-refractivity contribution in [2.45, 2.75) is 6.42 Å². The summed E-state index contributed by atoms with van der Waals surface area (Å²) in [7, 11) is 0. The molecule has 2 rings (SSSR count). The van der Waals surface area contributed by atoms with Gasteiger partial charge in [0.25, 0.3) is 0 Å². The number of nitrogens with zero attached hydrogens (tertiary/aromatic N) is 2. The van der Waals surface area contributed by atoms with Crippen LogP contribution < -0.4 is 0 Å². The minimum absolute atomic E-state index is 0.224. The van der Waals surface area contributed by atoms with Crippen molar-refractivity contribution < 1.29 is 14.3 Å². The summed E-state index contributed by atoms with van der Waals surface area (Å²) >= 11 is 0. The second kappa shape index (κ2) is 3.61. The van der Waals surface area contributed by atoms with Crippen LogP contribution in [0, 0.1) is 5.82 Å². The van der Waals surface area contributed by atoms with E-state index in [1.807, 2.05) is 0 Å². The lowest BCUT2D eigenvalue weighted by Crippen LogP contribution is -2.04. The number of benzene rings is 1. The zero-order valence-electron chi connectivity index (χ0n) is 7.64. The quantitative estimate of drug-likeness (QED) is 0.806. The first-order valence-corrected chi connectivity index (χ1v) is 4.28. The monoisotopic (exact) mass is 206 g/mol. The Kier molecular flexibility index (Phi) is 2.29. The number of carboxylic acid groups (broad SMARTS) is 1. The third-order valence-corrected chi connectivity index (χ3v) is 1.90. The maximum atomic E-state index is 12.8. The lowest BCUT2D eigenvalue weighted by Gasteiger charge is -1.99. The topological polar surface area (TPSA) is 63.1 Å². The molecule has 0 atom stereocenters. The summed E-state index contributed by atoms with van der Waals surface area (Å²) in [6.07, 6.45) is 1.19. The highest BCUT2D eigenvalue weighted by Crippen LogP contribution is 2.12. The Labute approximate surface area is 84.4 Å². The van der Waals surface area contributed by atoms with Gasteiger partial charge in [-0.2, -0.15) is 0 Å². The summed E-state index contributed by atoms with van der Waals surface area (Å²) in [5.41, 5.74) is 0.544. The molecule has 0 saturated carbocycles. The Morgan fingerprint density at radius 1 is 1.47 bits per heavy atom. The highest BCUT2D eigenvalue weighted by molar-refractivity contribution is 5.78. The van der Waals surface area contributed by atoms with Crippen molar-refractivity contribution in [1.82, 2.24) is 9.97 Å². The van der Waals surface area contributed by atoms with Crippen LogP contribution in [0.25, 0.3) is 10.9 Å². The molecule has 76 valence electrons. The second-order valence-electron chi connectivity index (χ2n) is 3.06. The minimum Gasteiger partial charge on any atom is -0.481 e. The Morgan fingerprint density at radius 2 is 2.27 bits per heavy atom. The SMILES string of the molecule is O=C(O)Cc1ncc2cc(F)ccc2n1. The number of fused-ring (bicyclic) bond motifs is 1. The van der Waals surface area contributed by atoms with E-state index >= 15 is 0 Å². The number of halogens is 1. The van der Waals surface area contributed by atoms with E-state index in [1.54, 1.807) is 0 Å². The number of carbonyl (C=O) groups is 1. The van der Waals surface area contributed by atoms with Crippen molar-refractivity contribution in [3.63, 3.8) is 0 Å². The molecular weight excluding hydrogens is 199 g/mol. The lowest BCUT2D eigenvalue weighted by molar-refractivity contribution is -0.136. The molecule has 0 saturated heterocycles. The molecule has 0 fully saturated rings. The van der Waals surface area contributed by atoms with Crippen molar-refractivity contribution >= 4 is 16.9 Å². The van der Waals surface area contributed by atoms with Crippen LogP contribution in [0.2, 0.25) is 0 Å². The van der Waals surface area contributed by atoms with Crippen LogP contribution in [-0.2, 0) is 11.2 Å². The fourth-order valence-corrected chi connectivity index (χ4v) is 1.26. The van der Waals surface area contributed by atoms with Gasteiger partial charge in [0.1, 0.15) is 18.1 Å². The Bertz CT molecular complexity index is 528. The first kappa shape index (κ1) is 9.51. The fraction of sp³-hybridized carbons (Fsp3) is 0.100. The van der Waals surface area contributed by atoms with Gasteiger partial charge in [0.15, 0.2) is 0 Å². The molecule has 0 aliphatic rings. The highest BCUT2D eigenvalue weighted by atomic mass is 19.1. The molecule has 0 radical (unpaired) electrons. The predicted molar refractivity (Wildman–Crippen MR) is 50.8 cm³/mol. The van der Waals surface area contributed by atoms with Crippen LogP contribution in [-0.4, -0.2) is 21.0 Å². The van der Waals surface area contributed by atoms with Gasteiger partial charge in [-0.05, 0) is 18.2 Å². The molecule has 0 bridgehead atoms. The van der Waals surface area contributed by atoms with E-state index in [0.717, 1.165) is 0 Å². The zero-order chi connectivity index (χ0) is 10.8. The Hall–Kier alpha value is -2.04. The number of hydrogen-bond donors (Lipinski definition) is 1. The fourth-order valence-electron chi connectivity index (χ4n) is 1.26. The summed E-state index contributed by atoms with van der Waals surface area (Å²) in [5.74, 6) is -1.13. The summed E-state index contributed by atoms with van der Waals surface area (Å²) in [5, 5.41) is 9.10. The molecule has 1 aromatic carbocycles. The molecule has 0 aliphatic carbocycles. The number of carboxylic acids is 1. The third-order valence-electron chi connectivity index (χ3n) is 1.90. The van der Waals surface area contributed by atoms with Gasteiger partial charge >= 0.3 is 5.97 Å². The van der Waals surface area contributed by atoms with E-state index < -0.39 is 5.97 Å². The molecule has 0 spiro atoms. The van der Waals surface area contributed by atoms with Gasteiger partial charge in [-0.3, -0.25) is 4.79 Å². The summed E-state index contributed by atoms with van der Waals surface area (Å²) in [6.45, 7) is 0. The molecule has 1 aromatic heterocycles. The van der Waals surface area contributed by atoms with Gasteiger partial charge in [-0.25, -0.2) is 14.4 Å². The summed E-state index contributed by atoms with van der Waals surface area (Å²) in [6, 6.07) is 4.08. The van der Waals surface area contributed by atoms with Crippen molar-refractivity contribution in [3.8, 4) is 0 Å². The normalized spacial score (nSPS) is 10.5. The molecule has 1 heterocycles. The largest absolute Gasteiger partial charge is 0.481 e. The van der Waals surface area contributed by atoms with E-state index in [1.165, 1.54) is 24.4 Å². The Morgan fingerprint density at radius 3 is 3.00 bits per heavy atom. The molecule has 1 N–H and O–H groups in total. The zero-order valence-corrected chi connectivity index (χ0v) is 7.64. The second-order valence-corrected chi connectivity index (χ2v) is 3.06. The molecule has 5 heteroatoms. The predicted octanol–water partition coefficient (Wildman–Crippen LogP) is 1.40. The maximum absolute atomic E-state index is 12.8. The number of rotatable bonds is 2. The Balaban J connectivity index is 2.47. The van der Waals surface area contributed by atoms with Gasteiger partial charge in [0, 0.05) is 11.6 Å². The summed E-state index contributed by atoms with van der Waals surface area (Å²) in [4.78, 5) is 18.2. The van der Waals surface area contributed by atoms with Crippen molar-refractivity contribution in [2.24, 2.45) is 0 Å².